The number of aromatic amines is 1. The molecular weight excluding hydrogens is 672 g/mol. The van der Waals surface area contributed by atoms with Crippen LogP contribution in [0.4, 0.5) is 8.78 Å². The quantitative estimate of drug-likeness (QED) is 0.152. The highest BCUT2D eigenvalue weighted by Gasteiger charge is 2.47. The van der Waals surface area contributed by atoms with Crippen LogP contribution >= 0.6 is 0 Å². The standard InChI is InChI=1S/C44H33F2N3O4/c1-51-41-19-33-36(22-47-38(33)20-42(41)52-2)44(37-26-49(24-28-11-7-4-8-12-28)40-18-30(46)14-16-32(37)40)21-34(43(50)53-44)35-25-48(23-27-9-5-3-6-10-27)39-17-29(45)13-15-31(35)39/h3-22,25-26,47H,23-24H2,1-2H3. The van der Waals surface area contributed by atoms with Crippen molar-refractivity contribution < 1.29 is 27.8 Å². The predicted octanol–water partition coefficient (Wildman–Crippen LogP) is 9.35. The van der Waals surface area contributed by atoms with E-state index < -0.39 is 11.6 Å². The molecule has 262 valence electrons. The van der Waals surface area contributed by atoms with Crippen LogP contribution < -0.4 is 9.47 Å². The van der Waals surface area contributed by atoms with Crippen LogP contribution in [0.2, 0.25) is 0 Å². The van der Waals surface area contributed by atoms with E-state index >= 15 is 0 Å². The van der Waals surface area contributed by atoms with Crippen LogP contribution in [-0.2, 0) is 28.2 Å². The van der Waals surface area contributed by atoms with Gasteiger partial charge in [-0.2, -0.15) is 0 Å². The Balaban J connectivity index is 1.31. The zero-order valence-electron chi connectivity index (χ0n) is 28.9. The number of hydrogen-bond donors (Lipinski definition) is 1. The first-order valence-electron chi connectivity index (χ1n) is 17.2. The van der Waals surface area contributed by atoms with Crippen LogP contribution in [0.5, 0.6) is 11.5 Å². The Labute approximate surface area is 303 Å². The fourth-order valence-corrected chi connectivity index (χ4v) is 7.71. The number of carbonyl (C=O) groups excluding carboxylic acids is 1. The van der Waals surface area contributed by atoms with E-state index in [9.17, 15) is 13.6 Å². The van der Waals surface area contributed by atoms with Gasteiger partial charge in [-0.15, -0.1) is 0 Å². The fourth-order valence-electron chi connectivity index (χ4n) is 7.71. The number of esters is 1. The molecule has 0 fully saturated rings. The van der Waals surface area contributed by atoms with Gasteiger partial charge in [0.15, 0.2) is 17.1 Å². The average Bonchev–Trinajstić information content (AvgIpc) is 3.94. The van der Waals surface area contributed by atoms with E-state index in [0.29, 0.717) is 63.3 Å². The number of carbonyl (C=O) groups is 1. The molecule has 0 bridgehead atoms. The fraction of sp³-hybridized carbons (Fsp3) is 0.114. The molecular formula is C44H33F2N3O4. The van der Waals surface area contributed by atoms with Gasteiger partial charge in [-0.05, 0) is 59.7 Å². The number of hydrogen-bond acceptors (Lipinski definition) is 4. The third kappa shape index (κ3) is 5.35. The van der Waals surface area contributed by atoms with Crippen LogP contribution in [0.1, 0.15) is 27.8 Å². The molecule has 0 saturated carbocycles. The Morgan fingerprint density at radius 1 is 0.679 bits per heavy atom. The minimum atomic E-state index is -1.48. The molecule has 53 heavy (non-hydrogen) atoms. The Kier molecular flexibility index (Phi) is 7.66. The molecule has 1 N–H and O–H groups in total. The summed E-state index contributed by atoms with van der Waals surface area (Å²) in [5, 5.41) is 2.17. The van der Waals surface area contributed by atoms with Gasteiger partial charge in [0.05, 0.1) is 30.8 Å². The lowest BCUT2D eigenvalue weighted by Gasteiger charge is -2.26. The molecule has 8 aromatic rings. The van der Waals surface area contributed by atoms with Gasteiger partial charge in [0.25, 0.3) is 0 Å². The van der Waals surface area contributed by atoms with Gasteiger partial charge in [0, 0.05) is 76.1 Å². The van der Waals surface area contributed by atoms with Crippen molar-refractivity contribution in [1.29, 1.82) is 0 Å². The van der Waals surface area contributed by atoms with Crippen molar-refractivity contribution >= 4 is 44.3 Å². The van der Waals surface area contributed by atoms with Crippen molar-refractivity contribution in [2.24, 2.45) is 0 Å². The molecule has 0 saturated heterocycles. The molecule has 0 amide bonds. The Morgan fingerprint density at radius 3 is 1.91 bits per heavy atom. The number of ether oxygens (including phenoxy) is 3. The minimum absolute atomic E-state index is 0.328. The second-order valence-electron chi connectivity index (χ2n) is 13.3. The first-order valence-corrected chi connectivity index (χ1v) is 17.2. The molecule has 9 heteroatoms. The van der Waals surface area contributed by atoms with E-state index in [-0.39, 0.29) is 11.6 Å². The zero-order valence-corrected chi connectivity index (χ0v) is 28.9. The van der Waals surface area contributed by atoms with Crippen molar-refractivity contribution in [3.05, 3.63) is 173 Å². The number of rotatable bonds is 9. The van der Waals surface area contributed by atoms with Gasteiger partial charge >= 0.3 is 5.97 Å². The molecule has 0 radical (unpaired) electrons. The highest BCUT2D eigenvalue weighted by molar-refractivity contribution is 6.23. The third-order valence-corrected chi connectivity index (χ3v) is 10.2. The first-order chi connectivity index (χ1) is 25.8. The largest absolute Gasteiger partial charge is 0.493 e. The third-order valence-electron chi connectivity index (χ3n) is 10.2. The van der Waals surface area contributed by atoms with E-state index in [0.717, 1.165) is 27.4 Å². The summed E-state index contributed by atoms with van der Waals surface area (Å²) in [6, 6.07) is 32.7. The van der Waals surface area contributed by atoms with Crippen LogP contribution in [0.3, 0.4) is 0 Å². The maximum absolute atomic E-state index is 15.0. The second kappa shape index (κ2) is 12.6. The molecule has 0 spiro atoms. The average molecular weight is 706 g/mol. The maximum Gasteiger partial charge on any atom is 0.340 e. The SMILES string of the molecule is COc1cc2[nH]cc(C3(c4cn(Cc5ccccc5)c5cc(F)ccc45)C=C(c4cn(Cc5ccccc5)c5cc(F)ccc45)C(=O)O3)c2cc1OC. The molecule has 4 heterocycles. The summed E-state index contributed by atoms with van der Waals surface area (Å²) in [6.07, 6.45) is 7.51. The Hall–Kier alpha value is -6.61. The van der Waals surface area contributed by atoms with Crippen LogP contribution in [0.15, 0.2) is 134 Å². The molecule has 1 atom stereocenters. The van der Waals surface area contributed by atoms with Crippen molar-refractivity contribution in [3.8, 4) is 11.5 Å². The molecule has 9 rings (SSSR count). The molecule has 5 aromatic carbocycles. The molecule has 1 aliphatic heterocycles. The highest BCUT2D eigenvalue weighted by atomic mass is 19.1. The molecule has 7 nitrogen and oxygen atoms in total. The van der Waals surface area contributed by atoms with Gasteiger partial charge in [-0.3, -0.25) is 0 Å². The number of cyclic esters (lactones) is 1. The normalized spacial score (nSPS) is 15.7. The monoisotopic (exact) mass is 705 g/mol. The highest BCUT2D eigenvalue weighted by Crippen LogP contribution is 2.50. The number of methoxy groups -OCH3 is 2. The molecule has 1 aliphatic rings. The topological polar surface area (TPSA) is 70.4 Å². The summed E-state index contributed by atoms with van der Waals surface area (Å²) in [6.45, 7) is 0.926. The number of H-pyrrole nitrogens is 1. The summed E-state index contributed by atoms with van der Waals surface area (Å²) >= 11 is 0. The summed E-state index contributed by atoms with van der Waals surface area (Å²) in [4.78, 5) is 17.8. The molecule has 1 unspecified atom stereocenters. The molecule has 0 aliphatic carbocycles. The lowest BCUT2D eigenvalue weighted by atomic mass is 9.84. The van der Waals surface area contributed by atoms with Crippen molar-refractivity contribution in [2.45, 2.75) is 18.7 Å². The zero-order chi connectivity index (χ0) is 36.3. The van der Waals surface area contributed by atoms with Crippen LogP contribution in [0, 0.1) is 11.6 Å². The number of benzene rings is 5. The summed E-state index contributed by atoms with van der Waals surface area (Å²) < 4.78 is 51.7. The van der Waals surface area contributed by atoms with E-state index in [1.165, 1.54) is 24.3 Å². The van der Waals surface area contributed by atoms with Gasteiger partial charge in [0.1, 0.15) is 11.6 Å². The summed E-state index contributed by atoms with van der Waals surface area (Å²) in [5.74, 6) is -0.267. The van der Waals surface area contributed by atoms with E-state index in [1.54, 1.807) is 26.4 Å². The van der Waals surface area contributed by atoms with Crippen molar-refractivity contribution in [3.63, 3.8) is 0 Å². The lowest BCUT2D eigenvalue weighted by molar-refractivity contribution is -0.142. The van der Waals surface area contributed by atoms with Gasteiger partial charge in [-0.1, -0.05) is 60.7 Å². The minimum Gasteiger partial charge on any atom is -0.493 e. The van der Waals surface area contributed by atoms with Crippen molar-refractivity contribution in [1.82, 2.24) is 14.1 Å². The Morgan fingerprint density at radius 2 is 1.26 bits per heavy atom. The van der Waals surface area contributed by atoms with Gasteiger partial charge in [0.2, 0.25) is 0 Å². The second-order valence-corrected chi connectivity index (χ2v) is 13.3. The van der Waals surface area contributed by atoms with E-state index in [2.05, 4.69) is 4.98 Å². The summed E-state index contributed by atoms with van der Waals surface area (Å²) in [7, 11) is 3.14. The van der Waals surface area contributed by atoms with Gasteiger partial charge in [-0.25, -0.2) is 13.6 Å². The first kappa shape index (κ1) is 32.3. The lowest BCUT2D eigenvalue weighted by Crippen LogP contribution is -2.26. The van der Waals surface area contributed by atoms with Crippen LogP contribution in [-0.4, -0.2) is 34.3 Å². The summed E-state index contributed by atoms with van der Waals surface area (Å²) in [5.41, 5.74) is 4.86. The van der Waals surface area contributed by atoms with Crippen LogP contribution in [0.25, 0.3) is 38.3 Å². The number of nitrogens with one attached hydrogen (secondary N) is 1. The maximum atomic E-state index is 15.0. The number of fused-ring (bicyclic) bond motifs is 3. The Bertz CT molecular complexity index is 2730. The van der Waals surface area contributed by atoms with Gasteiger partial charge < -0.3 is 28.3 Å². The number of nitrogens with zero attached hydrogens (tertiary/aromatic N) is 2. The van der Waals surface area contributed by atoms with Crippen molar-refractivity contribution in [2.75, 3.05) is 14.2 Å². The van der Waals surface area contributed by atoms with E-state index in [1.807, 2.05) is 107 Å². The smallest absolute Gasteiger partial charge is 0.340 e. The molecule has 3 aromatic heterocycles. The predicted molar refractivity (Wildman–Crippen MR) is 201 cm³/mol. The number of halogens is 2. The van der Waals surface area contributed by atoms with E-state index in [4.69, 9.17) is 14.2 Å². The number of aromatic nitrogens is 3.